The fraction of sp³-hybridized carbons (Fsp3) is 0.0588. The molecule has 0 aliphatic heterocycles. The summed E-state index contributed by atoms with van der Waals surface area (Å²) in [6.07, 6.45) is 2.53. The van der Waals surface area contributed by atoms with E-state index in [0.717, 1.165) is 11.6 Å². The van der Waals surface area contributed by atoms with Gasteiger partial charge < -0.3 is 9.84 Å². The first kappa shape index (κ1) is 14.5. The second-order valence-electron chi connectivity index (χ2n) is 4.35. The van der Waals surface area contributed by atoms with E-state index in [1.54, 1.807) is 55.6 Å². The highest BCUT2D eigenvalue weighted by Crippen LogP contribution is 2.16. The molecule has 4 heteroatoms. The van der Waals surface area contributed by atoms with E-state index in [1.807, 2.05) is 0 Å². The molecule has 0 atom stereocenters. The molecule has 0 radical (unpaired) electrons. The van der Waals surface area contributed by atoms with Crippen LogP contribution in [0.25, 0.3) is 6.08 Å². The van der Waals surface area contributed by atoms with E-state index < -0.39 is 5.97 Å². The lowest BCUT2D eigenvalue weighted by Crippen LogP contribution is -2.01. The zero-order valence-corrected chi connectivity index (χ0v) is 11.4. The molecule has 0 spiro atoms. The molecule has 106 valence electrons. The van der Waals surface area contributed by atoms with Crippen molar-refractivity contribution in [3.63, 3.8) is 0 Å². The number of benzene rings is 2. The predicted octanol–water partition coefficient (Wildman–Crippen LogP) is 3.02. The molecule has 0 saturated heterocycles. The Balaban J connectivity index is 2.17. The number of aliphatic carboxylic acids is 1. The summed E-state index contributed by atoms with van der Waals surface area (Å²) in [5.41, 5.74) is 1.85. The van der Waals surface area contributed by atoms with Gasteiger partial charge in [0.1, 0.15) is 5.75 Å². The van der Waals surface area contributed by atoms with E-state index in [-0.39, 0.29) is 5.78 Å². The van der Waals surface area contributed by atoms with E-state index in [2.05, 4.69) is 0 Å². The Kier molecular flexibility index (Phi) is 4.51. The lowest BCUT2D eigenvalue weighted by Gasteiger charge is -2.03. The van der Waals surface area contributed by atoms with Gasteiger partial charge in [0.05, 0.1) is 7.11 Å². The molecule has 21 heavy (non-hydrogen) atoms. The Morgan fingerprint density at radius 2 is 1.48 bits per heavy atom. The van der Waals surface area contributed by atoms with Crippen LogP contribution in [0, 0.1) is 0 Å². The Bertz CT molecular complexity index is 667. The molecule has 0 aromatic heterocycles. The SMILES string of the molecule is COc1ccc(C(=O)c2ccc(C=CC(=O)O)cc2)cc1. The van der Waals surface area contributed by atoms with Gasteiger partial charge in [-0.15, -0.1) is 0 Å². The van der Waals surface area contributed by atoms with Crippen LogP contribution < -0.4 is 4.74 Å². The maximum atomic E-state index is 12.3. The van der Waals surface area contributed by atoms with Crippen LogP contribution in [0.15, 0.2) is 54.6 Å². The highest BCUT2D eigenvalue weighted by molar-refractivity contribution is 6.09. The van der Waals surface area contributed by atoms with Crippen molar-refractivity contribution in [3.05, 3.63) is 71.3 Å². The van der Waals surface area contributed by atoms with Crippen LogP contribution in [0.3, 0.4) is 0 Å². The van der Waals surface area contributed by atoms with Crippen molar-refractivity contribution in [2.45, 2.75) is 0 Å². The molecule has 0 saturated carbocycles. The normalized spacial score (nSPS) is 10.5. The highest BCUT2D eigenvalue weighted by atomic mass is 16.5. The molecule has 0 aliphatic carbocycles. The summed E-state index contributed by atoms with van der Waals surface area (Å²) < 4.78 is 5.05. The van der Waals surface area contributed by atoms with Gasteiger partial charge in [-0.1, -0.05) is 24.3 Å². The zero-order chi connectivity index (χ0) is 15.2. The molecule has 1 N–H and O–H groups in total. The third kappa shape index (κ3) is 3.79. The number of hydrogen-bond acceptors (Lipinski definition) is 3. The van der Waals surface area contributed by atoms with E-state index in [4.69, 9.17) is 9.84 Å². The van der Waals surface area contributed by atoms with Gasteiger partial charge >= 0.3 is 5.97 Å². The van der Waals surface area contributed by atoms with Crippen molar-refractivity contribution < 1.29 is 19.4 Å². The topological polar surface area (TPSA) is 63.6 Å². The van der Waals surface area contributed by atoms with E-state index in [9.17, 15) is 9.59 Å². The van der Waals surface area contributed by atoms with Crippen molar-refractivity contribution in [1.29, 1.82) is 0 Å². The minimum atomic E-state index is -1.01. The summed E-state index contributed by atoms with van der Waals surface area (Å²) in [4.78, 5) is 22.7. The number of carboxylic acids is 1. The van der Waals surface area contributed by atoms with Gasteiger partial charge in [-0.3, -0.25) is 4.79 Å². The van der Waals surface area contributed by atoms with Crippen LogP contribution >= 0.6 is 0 Å². The van der Waals surface area contributed by atoms with Crippen molar-refractivity contribution in [1.82, 2.24) is 0 Å². The van der Waals surface area contributed by atoms with Gasteiger partial charge in [-0.05, 0) is 35.9 Å². The first-order chi connectivity index (χ1) is 10.1. The van der Waals surface area contributed by atoms with Crippen molar-refractivity contribution in [2.75, 3.05) is 7.11 Å². The summed E-state index contributed by atoms with van der Waals surface area (Å²) in [5, 5.41) is 8.56. The number of methoxy groups -OCH3 is 1. The van der Waals surface area contributed by atoms with Gasteiger partial charge in [0, 0.05) is 17.2 Å². The fourth-order valence-electron chi connectivity index (χ4n) is 1.82. The first-order valence-electron chi connectivity index (χ1n) is 6.30. The lowest BCUT2D eigenvalue weighted by atomic mass is 10.0. The Labute approximate surface area is 122 Å². The largest absolute Gasteiger partial charge is 0.497 e. The number of ether oxygens (including phenoxy) is 1. The van der Waals surface area contributed by atoms with Gasteiger partial charge in [0.25, 0.3) is 0 Å². The second kappa shape index (κ2) is 6.52. The predicted molar refractivity (Wildman–Crippen MR) is 79.5 cm³/mol. The minimum Gasteiger partial charge on any atom is -0.497 e. The summed E-state index contributed by atoms with van der Waals surface area (Å²) in [6.45, 7) is 0. The zero-order valence-electron chi connectivity index (χ0n) is 11.4. The Morgan fingerprint density at radius 3 is 1.95 bits per heavy atom. The fourth-order valence-corrected chi connectivity index (χ4v) is 1.82. The van der Waals surface area contributed by atoms with Crippen LogP contribution in [0.1, 0.15) is 21.5 Å². The molecule has 0 fully saturated rings. The number of carboxylic acid groups (broad SMARTS) is 1. The second-order valence-corrected chi connectivity index (χ2v) is 4.35. The van der Waals surface area contributed by atoms with Gasteiger partial charge in [-0.2, -0.15) is 0 Å². The third-order valence-corrected chi connectivity index (χ3v) is 2.94. The monoisotopic (exact) mass is 282 g/mol. The molecule has 0 unspecified atom stereocenters. The van der Waals surface area contributed by atoms with E-state index >= 15 is 0 Å². The molecule has 4 nitrogen and oxygen atoms in total. The van der Waals surface area contributed by atoms with Gasteiger partial charge in [0.15, 0.2) is 5.78 Å². The summed E-state index contributed by atoms with van der Waals surface area (Å²) in [5.74, 6) is -0.402. The molecule has 0 amide bonds. The van der Waals surface area contributed by atoms with Crippen molar-refractivity contribution in [3.8, 4) is 5.75 Å². The summed E-state index contributed by atoms with van der Waals surface area (Å²) in [7, 11) is 1.57. The number of hydrogen-bond donors (Lipinski definition) is 1. The number of carbonyl (C=O) groups excluding carboxylic acids is 1. The first-order valence-corrected chi connectivity index (χ1v) is 6.30. The standard InChI is InChI=1S/C17H14O4/c1-21-15-9-7-14(8-10-15)17(20)13-5-2-12(3-6-13)4-11-16(18)19/h2-11H,1H3,(H,18,19). The van der Waals surface area contributed by atoms with Gasteiger partial charge in [0.2, 0.25) is 0 Å². The highest BCUT2D eigenvalue weighted by Gasteiger charge is 2.08. The van der Waals surface area contributed by atoms with Gasteiger partial charge in [-0.25, -0.2) is 4.79 Å². The average molecular weight is 282 g/mol. The minimum absolute atomic E-state index is 0.0913. The Morgan fingerprint density at radius 1 is 0.952 bits per heavy atom. The average Bonchev–Trinajstić information content (AvgIpc) is 2.53. The quantitative estimate of drug-likeness (QED) is 0.676. The van der Waals surface area contributed by atoms with Crippen LogP contribution in [-0.2, 0) is 4.79 Å². The maximum Gasteiger partial charge on any atom is 0.328 e. The van der Waals surface area contributed by atoms with Crippen LogP contribution in [0.4, 0.5) is 0 Å². The molecule has 2 aromatic carbocycles. The number of carbonyl (C=O) groups is 2. The smallest absolute Gasteiger partial charge is 0.328 e. The molecular formula is C17H14O4. The molecule has 2 rings (SSSR count). The molecule has 0 aliphatic rings. The molecule has 2 aromatic rings. The maximum absolute atomic E-state index is 12.3. The molecular weight excluding hydrogens is 268 g/mol. The van der Waals surface area contributed by atoms with E-state index in [1.165, 1.54) is 6.08 Å². The van der Waals surface area contributed by atoms with Crippen LogP contribution in [-0.4, -0.2) is 24.0 Å². The van der Waals surface area contributed by atoms with Crippen molar-refractivity contribution >= 4 is 17.8 Å². The lowest BCUT2D eigenvalue weighted by molar-refractivity contribution is -0.131. The number of rotatable bonds is 5. The van der Waals surface area contributed by atoms with Crippen molar-refractivity contribution in [2.24, 2.45) is 0 Å². The van der Waals surface area contributed by atoms with Crippen LogP contribution in [0.5, 0.6) is 5.75 Å². The number of ketones is 1. The summed E-state index contributed by atoms with van der Waals surface area (Å²) >= 11 is 0. The summed E-state index contributed by atoms with van der Waals surface area (Å²) in [6, 6.07) is 13.6. The third-order valence-electron chi connectivity index (χ3n) is 2.94. The Hall–Kier alpha value is -2.88. The molecule has 0 heterocycles. The van der Waals surface area contributed by atoms with Crippen LogP contribution in [0.2, 0.25) is 0 Å². The van der Waals surface area contributed by atoms with E-state index in [0.29, 0.717) is 16.9 Å². The molecule has 0 bridgehead atoms.